The molecule has 0 saturated heterocycles. The number of hydrogen-bond acceptors (Lipinski definition) is 4. The molecule has 8 heteroatoms. The Morgan fingerprint density at radius 3 is 3.00 bits per heavy atom. The topological polar surface area (TPSA) is 105 Å². The molecule has 100 valence electrons. The van der Waals surface area contributed by atoms with Crippen LogP contribution in [0, 0.1) is 0 Å². The summed E-state index contributed by atoms with van der Waals surface area (Å²) in [5.41, 5.74) is 11.3. The van der Waals surface area contributed by atoms with Crippen LogP contribution in [0.2, 0.25) is 0 Å². The molecule has 0 aliphatic carbocycles. The molecule has 1 heterocycles. The molecule has 0 atom stereocenters. The van der Waals surface area contributed by atoms with Crippen molar-refractivity contribution in [3.8, 4) is 5.75 Å². The number of thiocarbonyl (C=S) groups is 1. The van der Waals surface area contributed by atoms with E-state index in [-0.39, 0.29) is 17.6 Å². The number of rotatable bonds is 3. The van der Waals surface area contributed by atoms with Gasteiger partial charge in [0.05, 0.1) is 6.42 Å². The first-order valence-electron chi connectivity index (χ1n) is 5.44. The van der Waals surface area contributed by atoms with Gasteiger partial charge in [0.15, 0.2) is 11.7 Å². The van der Waals surface area contributed by atoms with E-state index in [1.165, 1.54) is 0 Å². The van der Waals surface area contributed by atoms with Crippen molar-refractivity contribution in [3.63, 3.8) is 0 Å². The van der Waals surface area contributed by atoms with Crippen LogP contribution < -0.4 is 26.6 Å². The third kappa shape index (κ3) is 3.55. The maximum atomic E-state index is 11.3. The number of anilines is 1. The Balaban J connectivity index is 1.87. The second kappa shape index (κ2) is 5.53. The predicted octanol–water partition coefficient (Wildman–Crippen LogP) is -0.576. The largest absolute Gasteiger partial charge is 0.484 e. The fourth-order valence-corrected chi connectivity index (χ4v) is 1.66. The summed E-state index contributed by atoms with van der Waals surface area (Å²) in [6.07, 6.45) is 0.321. The Labute approximate surface area is 114 Å². The normalized spacial score (nSPS) is 12.3. The molecule has 1 aliphatic rings. The summed E-state index contributed by atoms with van der Waals surface area (Å²) in [4.78, 5) is 22.5. The zero-order chi connectivity index (χ0) is 13.8. The average Bonchev–Trinajstić information content (AvgIpc) is 2.73. The van der Waals surface area contributed by atoms with E-state index in [9.17, 15) is 9.59 Å². The first kappa shape index (κ1) is 13.1. The second-order valence-electron chi connectivity index (χ2n) is 3.87. The van der Waals surface area contributed by atoms with Crippen LogP contribution in [0.4, 0.5) is 5.69 Å². The molecule has 2 rings (SSSR count). The highest BCUT2D eigenvalue weighted by atomic mass is 32.1. The van der Waals surface area contributed by atoms with Crippen molar-refractivity contribution in [1.29, 1.82) is 0 Å². The Hall–Kier alpha value is -2.35. The van der Waals surface area contributed by atoms with Crippen LogP contribution in [0.25, 0.3) is 0 Å². The van der Waals surface area contributed by atoms with Crippen LogP contribution in [0.5, 0.6) is 5.75 Å². The van der Waals surface area contributed by atoms with Crippen LogP contribution in [-0.2, 0) is 16.0 Å². The number of hydrogen-bond donors (Lipinski definition) is 4. The predicted molar refractivity (Wildman–Crippen MR) is 72.3 cm³/mol. The van der Waals surface area contributed by atoms with Gasteiger partial charge in [-0.05, 0) is 36.0 Å². The van der Waals surface area contributed by atoms with Gasteiger partial charge in [0.2, 0.25) is 5.91 Å². The maximum absolute atomic E-state index is 11.3. The quantitative estimate of drug-likeness (QED) is 0.436. The molecular formula is C11H12N4O3S. The summed E-state index contributed by atoms with van der Waals surface area (Å²) in [7, 11) is 0. The van der Waals surface area contributed by atoms with Gasteiger partial charge in [0.1, 0.15) is 5.75 Å². The van der Waals surface area contributed by atoms with E-state index in [0.29, 0.717) is 12.2 Å². The highest BCUT2D eigenvalue weighted by Gasteiger charge is 2.17. The van der Waals surface area contributed by atoms with E-state index >= 15 is 0 Å². The number of benzene rings is 1. The van der Waals surface area contributed by atoms with Gasteiger partial charge in [-0.3, -0.25) is 20.4 Å². The lowest BCUT2D eigenvalue weighted by Gasteiger charge is -2.09. The summed E-state index contributed by atoms with van der Waals surface area (Å²) in [6, 6.07) is 5.14. The zero-order valence-corrected chi connectivity index (χ0v) is 10.7. The highest BCUT2D eigenvalue weighted by Crippen LogP contribution is 2.26. The van der Waals surface area contributed by atoms with E-state index in [0.717, 1.165) is 11.3 Å². The van der Waals surface area contributed by atoms with Gasteiger partial charge in [-0.2, -0.15) is 0 Å². The minimum absolute atomic E-state index is 0.0320. The smallest absolute Gasteiger partial charge is 0.276 e. The van der Waals surface area contributed by atoms with Crippen molar-refractivity contribution in [1.82, 2.24) is 10.9 Å². The van der Waals surface area contributed by atoms with Crippen LogP contribution in [0.15, 0.2) is 18.2 Å². The zero-order valence-electron chi connectivity index (χ0n) is 9.86. The molecule has 0 bridgehead atoms. The lowest BCUT2D eigenvalue weighted by Crippen LogP contribution is -2.46. The first-order chi connectivity index (χ1) is 9.04. The third-order valence-corrected chi connectivity index (χ3v) is 2.50. The molecule has 1 aliphatic heterocycles. The van der Waals surface area contributed by atoms with E-state index in [4.69, 9.17) is 10.5 Å². The van der Waals surface area contributed by atoms with Gasteiger partial charge < -0.3 is 15.8 Å². The number of nitrogens with two attached hydrogens (primary N) is 1. The number of amides is 2. The summed E-state index contributed by atoms with van der Waals surface area (Å²) < 4.78 is 5.29. The van der Waals surface area contributed by atoms with Crippen LogP contribution in [0.3, 0.4) is 0 Å². The molecule has 7 nitrogen and oxygen atoms in total. The maximum Gasteiger partial charge on any atom is 0.276 e. The van der Waals surface area contributed by atoms with Gasteiger partial charge >= 0.3 is 0 Å². The van der Waals surface area contributed by atoms with Crippen molar-refractivity contribution in [3.05, 3.63) is 23.8 Å². The number of hydrazine groups is 1. The molecule has 0 aromatic heterocycles. The van der Waals surface area contributed by atoms with Gasteiger partial charge in [-0.25, -0.2) is 0 Å². The van der Waals surface area contributed by atoms with Crippen molar-refractivity contribution < 1.29 is 14.3 Å². The molecule has 0 unspecified atom stereocenters. The summed E-state index contributed by atoms with van der Waals surface area (Å²) in [5, 5.41) is 2.68. The van der Waals surface area contributed by atoms with Crippen molar-refractivity contribution >= 4 is 34.8 Å². The molecule has 1 aromatic carbocycles. The Kier molecular flexibility index (Phi) is 3.81. The molecule has 0 radical (unpaired) electrons. The monoisotopic (exact) mass is 280 g/mol. The summed E-state index contributed by atoms with van der Waals surface area (Å²) >= 11 is 4.53. The molecule has 19 heavy (non-hydrogen) atoms. The molecule has 5 N–H and O–H groups in total. The van der Waals surface area contributed by atoms with E-state index in [2.05, 4.69) is 28.4 Å². The van der Waals surface area contributed by atoms with E-state index in [1.54, 1.807) is 18.2 Å². The summed E-state index contributed by atoms with van der Waals surface area (Å²) in [5.74, 6) is 0.0498. The highest BCUT2D eigenvalue weighted by molar-refractivity contribution is 7.80. The van der Waals surface area contributed by atoms with Crippen molar-refractivity contribution in [2.24, 2.45) is 5.73 Å². The minimum Gasteiger partial charge on any atom is -0.484 e. The summed E-state index contributed by atoms with van der Waals surface area (Å²) in [6.45, 7) is -0.185. The van der Waals surface area contributed by atoms with Gasteiger partial charge in [0.25, 0.3) is 5.91 Å². The lowest BCUT2D eigenvalue weighted by molar-refractivity contribution is -0.123. The molecule has 0 saturated carbocycles. The van der Waals surface area contributed by atoms with Gasteiger partial charge in [-0.1, -0.05) is 0 Å². The van der Waals surface area contributed by atoms with Crippen molar-refractivity contribution in [2.45, 2.75) is 6.42 Å². The van der Waals surface area contributed by atoms with Crippen molar-refractivity contribution in [2.75, 3.05) is 11.9 Å². The number of carbonyl (C=O) groups excluding carboxylic acids is 2. The SMILES string of the molecule is NC(=S)NNC(=O)COc1ccc2c(c1)CC(=O)N2. The Morgan fingerprint density at radius 2 is 2.26 bits per heavy atom. The van der Waals surface area contributed by atoms with Gasteiger partial charge in [0, 0.05) is 5.69 Å². The minimum atomic E-state index is -0.414. The molecule has 0 fully saturated rings. The Morgan fingerprint density at radius 1 is 1.47 bits per heavy atom. The number of ether oxygens (including phenoxy) is 1. The van der Waals surface area contributed by atoms with Crippen LogP contribution in [0.1, 0.15) is 5.56 Å². The Bertz CT molecular complexity index is 547. The second-order valence-corrected chi connectivity index (χ2v) is 4.31. The molecule has 0 spiro atoms. The fraction of sp³-hybridized carbons (Fsp3) is 0.182. The van der Waals surface area contributed by atoms with E-state index < -0.39 is 5.91 Å². The van der Waals surface area contributed by atoms with E-state index in [1.807, 2.05) is 0 Å². The number of nitrogens with one attached hydrogen (secondary N) is 3. The molecule has 1 aromatic rings. The third-order valence-electron chi connectivity index (χ3n) is 2.40. The molecule has 2 amide bonds. The standard InChI is InChI=1S/C11H12N4O3S/c12-11(19)15-14-10(17)5-18-7-1-2-8-6(3-7)4-9(16)13-8/h1-3H,4-5H2,(H,13,16)(H,14,17)(H3,12,15,19). The van der Waals surface area contributed by atoms with Gasteiger partial charge in [-0.15, -0.1) is 0 Å². The number of carbonyl (C=O) groups is 2. The fourth-order valence-electron chi connectivity index (χ4n) is 1.61. The van der Waals surface area contributed by atoms with Crippen LogP contribution >= 0.6 is 12.2 Å². The lowest BCUT2D eigenvalue weighted by atomic mass is 10.1. The van der Waals surface area contributed by atoms with Crippen LogP contribution in [-0.4, -0.2) is 23.5 Å². The first-order valence-corrected chi connectivity index (χ1v) is 5.85. The molecular weight excluding hydrogens is 268 g/mol. The average molecular weight is 280 g/mol. The number of fused-ring (bicyclic) bond motifs is 1.